The second kappa shape index (κ2) is 9.36. The molecule has 166 valence electrons. The molecule has 1 aromatic carbocycles. The van der Waals surface area contributed by atoms with Gasteiger partial charge in [0.2, 0.25) is 0 Å². The molecule has 2 aliphatic heterocycles. The van der Waals surface area contributed by atoms with Crippen LogP contribution in [-0.4, -0.2) is 30.5 Å². The van der Waals surface area contributed by atoms with E-state index in [1.165, 1.54) is 0 Å². The first kappa shape index (κ1) is 23.2. The molecule has 0 atom stereocenters. The van der Waals surface area contributed by atoms with Gasteiger partial charge in [0.05, 0.1) is 11.0 Å². The molecule has 0 saturated carbocycles. The van der Waals surface area contributed by atoms with Crippen LogP contribution in [0, 0.1) is 6.92 Å². The molecule has 0 bridgehead atoms. The van der Waals surface area contributed by atoms with Crippen molar-refractivity contribution in [1.82, 2.24) is 19.5 Å². The Morgan fingerprint density at radius 1 is 1.16 bits per heavy atom. The van der Waals surface area contributed by atoms with Gasteiger partial charge in [0, 0.05) is 18.0 Å². The molecule has 2 heterocycles. The van der Waals surface area contributed by atoms with Gasteiger partial charge in [-0.15, -0.1) is 0 Å². The van der Waals surface area contributed by atoms with Crippen LogP contribution >= 0.6 is 23.2 Å². The molecule has 0 unspecified atom stereocenters. The Morgan fingerprint density at radius 2 is 1.87 bits per heavy atom. The second-order valence-electron chi connectivity index (χ2n) is 7.90. The fourth-order valence-corrected chi connectivity index (χ4v) is 3.60. The molecular formula is C21H24Cl2N4O4. The van der Waals surface area contributed by atoms with Gasteiger partial charge < -0.3 is 9.30 Å². The number of unbranched alkanes of at least 4 members (excludes halogenated alkanes) is 3. The third-order valence-electron chi connectivity index (χ3n) is 4.76. The molecule has 0 saturated heterocycles. The summed E-state index contributed by atoms with van der Waals surface area (Å²) >= 11 is 12.2. The van der Waals surface area contributed by atoms with E-state index in [9.17, 15) is 14.4 Å². The molecule has 2 aliphatic rings. The number of H-pyrrole nitrogens is 1. The highest BCUT2D eigenvalue weighted by Crippen LogP contribution is 2.27. The number of hydrogen-bond donors (Lipinski definition) is 1. The van der Waals surface area contributed by atoms with Gasteiger partial charge in [0.25, 0.3) is 5.56 Å². The Kier molecular flexibility index (Phi) is 7.01. The lowest BCUT2D eigenvalue weighted by atomic mass is 10.1. The van der Waals surface area contributed by atoms with E-state index in [1.807, 2.05) is 17.6 Å². The Labute approximate surface area is 188 Å². The lowest BCUT2D eigenvalue weighted by Crippen LogP contribution is -2.29. The van der Waals surface area contributed by atoms with Crippen molar-refractivity contribution in [2.75, 3.05) is 0 Å². The topological polar surface area (TPSA) is 107 Å². The van der Waals surface area contributed by atoms with E-state index in [2.05, 4.69) is 15.0 Å². The number of aromatic amines is 1. The standard InChI is InChI=1S/C21H24Cl2N4O4/c1-12-10-14-15(11-13(12)22)27(18-17(24-14)19(29)26-20(30)25-18)9-7-5-4-6-8-16(28)31-21(2,3)23/h10-11H,4-9H2,1-3H3,(H,26,29,30). The van der Waals surface area contributed by atoms with Crippen molar-refractivity contribution < 1.29 is 9.53 Å². The van der Waals surface area contributed by atoms with Crippen molar-refractivity contribution in [2.24, 2.45) is 0 Å². The van der Waals surface area contributed by atoms with Gasteiger partial charge in [-0.3, -0.25) is 14.6 Å². The zero-order valence-electron chi connectivity index (χ0n) is 17.6. The summed E-state index contributed by atoms with van der Waals surface area (Å²) in [5, 5.41) is -0.433. The number of esters is 1. The number of benzene rings is 1. The molecule has 1 aromatic rings. The van der Waals surface area contributed by atoms with Gasteiger partial charge in [0.15, 0.2) is 16.6 Å². The van der Waals surface area contributed by atoms with Crippen LogP contribution in [0.2, 0.25) is 5.02 Å². The van der Waals surface area contributed by atoms with E-state index in [0.29, 0.717) is 35.4 Å². The minimum Gasteiger partial charge on any atom is -0.444 e. The summed E-state index contributed by atoms with van der Waals surface area (Å²) in [4.78, 5) is 46.4. The Balaban J connectivity index is 1.76. The molecule has 8 nitrogen and oxygen atoms in total. The van der Waals surface area contributed by atoms with Crippen LogP contribution in [0.15, 0.2) is 21.7 Å². The molecule has 0 aromatic heterocycles. The molecule has 0 radical (unpaired) electrons. The second-order valence-corrected chi connectivity index (χ2v) is 9.22. The van der Waals surface area contributed by atoms with Crippen LogP contribution in [0.4, 0.5) is 0 Å². The maximum Gasteiger partial charge on any atom is 0.349 e. The van der Waals surface area contributed by atoms with E-state index < -0.39 is 16.3 Å². The van der Waals surface area contributed by atoms with Crippen molar-refractivity contribution in [3.8, 4) is 11.5 Å². The van der Waals surface area contributed by atoms with Gasteiger partial charge in [-0.2, -0.15) is 4.98 Å². The van der Waals surface area contributed by atoms with Crippen molar-refractivity contribution >= 4 is 40.2 Å². The van der Waals surface area contributed by atoms with E-state index in [4.69, 9.17) is 27.9 Å². The highest BCUT2D eigenvalue weighted by Gasteiger charge is 2.20. The minimum atomic E-state index is -0.998. The Hall–Kier alpha value is -2.45. The molecule has 0 amide bonds. The quantitative estimate of drug-likeness (QED) is 0.232. The zero-order valence-corrected chi connectivity index (χ0v) is 19.1. The number of nitrogens with zero attached hydrogens (tertiary/aromatic N) is 3. The first-order chi connectivity index (χ1) is 14.5. The Morgan fingerprint density at radius 3 is 2.58 bits per heavy atom. The van der Waals surface area contributed by atoms with Gasteiger partial charge >= 0.3 is 11.7 Å². The van der Waals surface area contributed by atoms with E-state index in [1.54, 1.807) is 19.9 Å². The summed E-state index contributed by atoms with van der Waals surface area (Å²) in [6, 6.07) is 3.58. The summed E-state index contributed by atoms with van der Waals surface area (Å²) in [6.45, 7) is 5.61. The predicted molar refractivity (Wildman–Crippen MR) is 120 cm³/mol. The maximum atomic E-state index is 12.3. The van der Waals surface area contributed by atoms with E-state index in [0.717, 1.165) is 24.8 Å². The van der Waals surface area contributed by atoms with E-state index in [-0.39, 0.29) is 17.5 Å². The number of aromatic nitrogens is 4. The van der Waals surface area contributed by atoms with Crippen LogP contribution in [0.1, 0.15) is 51.5 Å². The number of rotatable bonds is 8. The number of carbonyl (C=O) groups is 1. The normalized spacial score (nSPS) is 11.9. The average Bonchev–Trinajstić information content (AvgIpc) is 2.64. The molecule has 3 rings (SSSR count). The molecule has 31 heavy (non-hydrogen) atoms. The summed E-state index contributed by atoms with van der Waals surface area (Å²) < 4.78 is 6.90. The number of ether oxygens (including phenoxy) is 1. The first-order valence-electron chi connectivity index (χ1n) is 10.1. The SMILES string of the molecule is Cc1cc2nc3c(=O)[nH]c(=O)nc-3n(CCCCCCC(=O)OC(C)(C)Cl)c2cc1Cl. The van der Waals surface area contributed by atoms with Crippen molar-refractivity contribution in [3.63, 3.8) is 0 Å². The van der Waals surface area contributed by atoms with Crippen molar-refractivity contribution in [3.05, 3.63) is 43.6 Å². The number of aryl methyl sites for hydroxylation is 2. The average molecular weight is 467 g/mol. The van der Waals surface area contributed by atoms with Gasteiger partial charge in [0.1, 0.15) is 0 Å². The monoisotopic (exact) mass is 466 g/mol. The molecule has 0 aliphatic carbocycles. The number of alkyl halides is 1. The third kappa shape index (κ3) is 5.83. The molecule has 1 N–H and O–H groups in total. The summed E-state index contributed by atoms with van der Waals surface area (Å²) in [5.41, 5.74) is 0.968. The van der Waals surface area contributed by atoms with Gasteiger partial charge in [-0.25, -0.2) is 9.78 Å². The fourth-order valence-electron chi connectivity index (χ4n) is 3.36. The summed E-state index contributed by atoms with van der Waals surface area (Å²) in [7, 11) is 0. The minimum absolute atomic E-state index is 0.111. The third-order valence-corrected chi connectivity index (χ3v) is 5.24. The smallest absolute Gasteiger partial charge is 0.349 e. The number of hydrogen-bond acceptors (Lipinski definition) is 6. The van der Waals surface area contributed by atoms with Crippen molar-refractivity contribution in [1.29, 1.82) is 0 Å². The molecule has 0 fully saturated rings. The van der Waals surface area contributed by atoms with Gasteiger partial charge in [-0.05, 0) is 51.3 Å². The number of fused-ring (bicyclic) bond motifs is 2. The largest absolute Gasteiger partial charge is 0.444 e. The molecule has 10 heteroatoms. The summed E-state index contributed by atoms with van der Waals surface area (Å²) in [5.74, 6) is -0.0917. The van der Waals surface area contributed by atoms with Crippen LogP contribution in [-0.2, 0) is 16.1 Å². The predicted octanol–water partition coefficient (Wildman–Crippen LogP) is 4.02. The first-order valence-corrected chi connectivity index (χ1v) is 10.8. The number of nitrogens with one attached hydrogen (secondary N) is 1. The number of carbonyl (C=O) groups excluding carboxylic acids is 1. The lowest BCUT2D eigenvalue weighted by molar-refractivity contribution is -0.150. The van der Waals surface area contributed by atoms with Gasteiger partial charge in [-0.1, -0.05) is 36.0 Å². The molecule has 0 spiro atoms. The highest BCUT2D eigenvalue weighted by atomic mass is 35.5. The lowest BCUT2D eigenvalue weighted by Gasteiger charge is -2.17. The molecular weight excluding hydrogens is 443 g/mol. The zero-order chi connectivity index (χ0) is 22.8. The van der Waals surface area contributed by atoms with Crippen LogP contribution in [0.25, 0.3) is 22.6 Å². The van der Waals surface area contributed by atoms with Crippen LogP contribution < -0.4 is 11.2 Å². The van der Waals surface area contributed by atoms with Crippen LogP contribution in [0.3, 0.4) is 0 Å². The Bertz CT molecular complexity index is 1200. The van der Waals surface area contributed by atoms with Crippen LogP contribution in [0.5, 0.6) is 0 Å². The van der Waals surface area contributed by atoms with E-state index >= 15 is 0 Å². The maximum absolute atomic E-state index is 12.3. The van der Waals surface area contributed by atoms with Crippen molar-refractivity contribution in [2.45, 2.75) is 64.5 Å². The fraction of sp³-hybridized carbons (Fsp3) is 0.476. The summed E-state index contributed by atoms with van der Waals surface area (Å²) in [6.07, 6.45) is 3.39. The number of halogens is 2. The highest BCUT2D eigenvalue weighted by molar-refractivity contribution is 6.32.